The van der Waals surface area contributed by atoms with Crippen molar-refractivity contribution in [3.05, 3.63) is 11.8 Å². The third-order valence-corrected chi connectivity index (χ3v) is 4.90. The highest BCUT2D eigenvalue weighted by Crippen LogP contribution is 2.26. The molecule has 1 aliphatic heterocycles. The Hall–Kier alpha value is -1.43. The zero-order valence-electron chi connectivity index (χ0n) is 16.4. The molecule has 6 heteroatoms. The first-order chi connectivity index (χ1) is 11.9. The normalized spacial score (nSPS) is 21.3. The Bertz CT molecular complexity index is 543. The molecule has 0 aliphatic carbocycles. The van der Waals surface area contributed by atoms with Gasteiger partial charge >= 0.3 is 0 Å². The lowest BCUT2D eigenvalue weighted by molar-refractivity contribution is -0.127. The maximum Gasteiger partial charge on any atom is 0.233 e. The summed E-state index contributed by atoms with van der Waals surface area (Å²) in [7, 11) is 0. The Kier molecular flexibility index (Phi) is 7.41. The first-order valence-corrected chi connectivity index (χ1v) is 9.77. The fourth-order valence-corrected chi connectivity index (χ4v) is 3.46. The van der Waals surface area contributed by atoms with Crippen molar-refractivity contribution in [2.75, 3.05) is 13.1 Å². The molecule has 1 aliphatic rings. The number of carbonyl (C=O) groups excluding carboxylic acids is 1. The minimum absolute atomic E-state index is 0.0496. The van der Waals surface area contributed by atoms with Crippen molar-refractivity contribution in [3.8, 4) is 0 Å². The molecular formula is C19H34N4O2. The van der Waals surface area contributed by atoms with E-state index in [1.807, 2.05) is 0 Å². The third-order valence-electron chi connectivity index (χ3n) is 4.90. The Balaban J connectivity index is 1.93. The van der Waals surface area contributed by atoms with Gasteiger partial charge in [0.1, 0.15) is 0 Å². The number of aromatic nitrogens is 2. The van der Waals surface area contributed by atoms with E-state index in [0.717, 1.165) is 45.2 Å². The van der Waals surface area contributed by atoms with Crippen molar-refractivity contribution in [1.82, 2.24) is 20.4 Å². The number of nitrogens with one attached hydrogen (secondary N) is 1. The third kappa shape index (κ3) is 5.80. The molecule has 0 aromatic carbocycles. The van der Waals surface area contributed by atoms with Crippen molar-refractivity contribution < 1.29 is 9.21 Å². The van der Waals surface area contributed by atoms with Crippen LogP contribution in [0.2, 0.25) is 0 Å². The molecule has 1 amide bonds. The molecule has 0 radical (unpaired) electrons. The number of carbonyl (C=O) groups is 1. The average molecular weight is 351 g/mol. The lowest BCUT2D eigenvalue weighted by Gasteiger charge is -2.35. The number of hydrogen-bond acceptors (Lipinski definition) is 5. The van der Waals surface area contributed by atoms with Crippen LogP contribution in [-0.2, 0) is 11.2 Å². The molecule has 6 nitrogen and oxygen atoms in total. The topological polar surface area (TPSA) is 71.3 Å². The van der Waals surface area contributed by atoms with Crippen LogP contribution >= 0.6 is 0 Å². The molecule has 2 rings (SSSR count). The number of piperidine rings is 1. The molecule has 3 atom stereocenters. The van der Waals surface area contributed by atoms with Gasteiger partial charge in [-0.3, -0.25) is 9.69 Å². The first-order valence-electron chi connectivity index (χ1n) is 9.77. The van der Waals surface area contributed by atoms with Crippen molar-refractivity contribution in [3.63, 3.8) is 0 Å². The SMILES string of the molecule is CCCC(C)NC(=O)C1CCCN(C(C)c2nnc(CC(C)C)o2)C1. The monoisotopic (exact) mass is 350 g/mol. The van der Waals surface area contributed by atoms with Gasteiger partial charge in [0, 0.05) is 19.0 Å². The summed E-state index contributed by atoms with van der Waals surface area (Å²) in [6.45, 7) is 12.3. The van der Waals surface area contributed by atoms with E-state index in [9.17, 15) is 4.79 Å². The molecule has 3 unspecified atom stereocenters. The molecule has 0 bridgehead atoms. The van der Waals surface area contributed by atoms with Gasteiger partial charge in [0.15, 0.2) is 0 Å². The van der Waals surface area contributed by atoms with Gasteiger partial charge in [-0.15, -0.1) is 10.2 Å². The van der Waals surface area contributed by atoms with Gasteiger partial charge in [0.2, 0.25) is 17.7 Å². The predicted octanol–water partition coefficient (Wildman–Crippen LogP) is 3.35. The minimum atomic E-state index is 0.0496. The summed E-state index contributed by atoms with van der Waals surface area (Å²) < 4.78 is 5.84. The Morgan fingerprint density at radius 3 is 2.76 bits per heavy atom. The predicted molar refractivity (Wildman–Crippen MR) is 98.1 cm³/mol. The van der Waals surface area contributed by atoms with Crippen LogP contribution < -0.4 is 5.32 Å². The van der Waals surface area contributed by atoms with E-state index < -0.39 is 0 Å². The second-order valence-corrected chi connectivity index (χ2v) is 7.84. The van der Waals surface area contributed by atoms with Gasteiger partial charge in [-0.1, -0.05) is 27.2 Å². The lowest BCUT2D eigenvalue weighted by atomic mass is 9.95. The Labute approximate surface area is 151 Å². The Morgan fingerprint density at radius 1 is 1.32 bits per heavy atom. The van der Waals surface area contributed by atoms with Crippen LogP contribution in [0, 0.1) is 11.8 Å². The summed E-state index contributed by atoms with van der Waals surface area (Å²) >= 11 is 0. The van der Waals surface area contributed by atoms with E-state index in [1.54, 1.807) is 0 Å². The largest absolute Gasteiger partial charge is 0.424 e. The van der Waals surface area contributed by atoms with Crippen molar-refractivity contribution in [2.45, 2.75) is 78.8 Å². The fraction of sp³-hybridized carbons (Fsp3) is 0.842. The quantitative estimate of drug-likeness (QED) is 0.778. The maximum absolute atomic E-state index is 12.5. The molecular weight excluding hydrogens is 316 g/mol. The van der Waals surface area contributed by atoms with E-state index in [4.69, 9.17) is 4.42 Å². The van der Waals surface area contributed by atoms with Crippen molar-refractivity contribution >= 4 is 5.91 Å². The smallest absolute Gasteiger partial charge is 0.233 e. The number of amides is 1. The summed E-state index contributed by atoms with van der Waals surface area (Å²) in [5.41, 5.74) is 0. The molecule has 1 aromatic heterocycles. The number of hydrogen-bond donors (Lipinski definition) is 1. The highest BCUT2D eigenvalue weighted by Gasteiger charge is 2.31. The number of likely N-dealkylation sites (tertiary alicyclic amines) is 1. The van der Waals surface area contributed by atoms with E-state index in [2.05, 4.69) is 55.0 Å². The first kappa shape index (κ1) is 19.9. The summed E-state index contributed by atoms with van der Waals surface area (Å²) in [6, 6.07) is 0.303. The summed E-state index contributed by atoms with van der Waals surface area (Å²) in [5.74, 6) is 2.10. The molecule has 142 valence electrons. The average Bonchev–Trinajstić information content (AvgIpc) is 3.02. The second-order valence-electron chi connectivity index (χ2n) is 7.84. The summed E-state index contributed by atoms with van der Waals surface area (Å²) in [5, 5.41) is 11.6. The van der Waals surface area contributed by atoms with Gasteiger partial charge in [-0.05, 0) is 45.6 Å². The standard InChI is InChI=1S/C19H34N4O2/c1-6-8-14(4)20-18(24)16-9-7-10-23(12-16)15(5)19-22-21-17(25-19)11-13(2)3/h13-16H,6-12H2,1-5H3,(H,20,24). The van der Waals surface area contributed by atoms with Crippen LogP contribution in [-0.4, -0.2) is 40.1 Å². The summed E-state index contributed by atoms with van der Waals surface area (Å²) in [4.78, 5) is 14.8. The molecule has 25 heavy (non-hydrogen) atoms. The minimum Gasteiger partial charge on any atom is -0.424 e. The number of nitrogens with zero attached hydrogens (tertiary/aromatic N) is 3. The van der Waals surface area contributed by atoms with Crippen LogP contribution in [0.1, 0.15) is 78.1 Å². The van der Waals surface area contributed by atoms with E-state index in [-0.39, 0.29) is 23.9 Å². The molecule has 1 aromatic rings. The molecule has 0 spiro atoms. The molecule has 1 fully saturated rings. The molecule has 2 heterocycles. The van der Waals surface area contributed by atoms with Crippen molar-refractivity contribution in [1.29, 1.82) is 0 Å². The zero-order chi connectivity index (χ0) is 18.4. The van der Waals surface area contributed by atoms with Gasteiger partial charge in [0.05, 0.1) is 12.0 Å². The summed E-state index contributed by atoms with van der Waals surface area (Å²) in [6.07, 6.45) is 4.90. The molecule has 0 saturated carbocycles. The van der Waals surface area contributed by atoms with Gasteiger partial charge in [0.25, 0.3) is 0 Å². The Morgan fingerprint density at radius 2 is 2.08 bits per heavy atom. The maximum atomic E-state index is 12.5. The van der Waals surface area contributed by atoms with Crippen LogP contribution in [0.5, 0.6) is 0 Å². The van der Waals surface area contributed by atoms with Crippen LogP contribution in [0.25, 0.3) is 0 Å². The van der Waals surface area contributed by atoms with Crippen LogP contribution in [0.4, 0.5) is 0 Å². The fourth-order valence-electron chi connectivity index (χ4n) is 3.46. The zero-order valence-corrected chi connectivity index (χ0v) is 16.4. The van der Waals surface area contributed by atoms with Crippen LogP contribution in [0.3, 0.4) is 0 Å². The van der Waals surface area contributed by atoms with E-state index in [1.165, 1.54) is 0 Å². The molecule has 1 N–H and O–H groups in total. The van der Waals surface area contributed by atoms with Crippen molar-refractivity contribution in [2.24, 2.45) is 11.8 Å². The van der Waals surface area contributed by atoms with Gasteiger partial charge in [-0.25, -0.2) is 0 Å². The van der Waals surface area contributed by atoms with E-state index >= 15 is 0 Å². The van der Waals surface area contributed by atoms with Crippen LogP contribution in [0.15, 0.2) is 4.42 Å². The van der Waals surface area contributed by atoms with Gasteiger partial charge in [-0.2, -0.15) is 0 Å². The second kappa shape index (κ2) is 9.32. The molecule has 1 saturated heterocycles. The lowest BCUT2D eigenvalue weighted by Crippen LogP contribution is -2.45. The number of rotatable bonds is 8. The van der Waals surface area contributed by atoms with E-state index in [0.29, 0.717) is 17.7 Å². The van der Waals surface area contributed by atoms with Gasteiger partial charge < -0.3 is 9.73 Å². The highest BCUT2D eigenvalue weighted by molar-refractivity contribution is 5.79. The highest BCUT2D eigenvalue weighted by atomic mass is 16.4.